The number of nitrogens with one attached hydrogen (secondary N) is 1. The summed E-state index contributed by atoms with van der Waals surface area (Å²) in [6.07, 6.45) is 1.89. The van der Waals surface area contributed by atoms with Gasteiger partial charge in [0.1, 0.15) is 12.4 Å². The number of halogens is 2. The average molecular weight is 445 g/mol. The first-order chi connectivity index (χ1) is 14.4. The van der Waals surface area contributed by atoms with Crippen LogP contribution >= 0.6 is 23.2 Å². The topological polar surface area (TPSA) is 68.5 Å². The standard InChI is InChI=1S/C22H22Cl2N4O2/c1-15-11-16(2)28(27-15)10-9-22(29)26-25-13-17-3-7-20(8-4-17)30-14-18-5-6-19(23)12-21(18)24/h3-8,11-13H,9-10,14H2,1-2H3,(H,26,29). The maximum Gasteiger partial charge on any atom is 0.241 e. The van der Waals surface area contributed by atoms with Gasteiger partial charge in [-0.15, -0.1) is 0 Å². The smallest absolute Gasteiger partial charge is 0.241 e. The Kier molecular flexibility index (Phi) is 7.49. The molecule has 0 aliphatic carbocycles. The summed E-state index contributed by atoms with van der Waals surface area (Å²) in [5, 5.41) is 9.49. The van der Waals surface area contributed by atoms with Crippen LogP contribution in [0.15, 0.2) is 53.6 Å². The Morgan fingerprint density at radius 1 is 1.17 bits per heavy atom. The molecule has 0 bridgehead atoms. The molecule has 1 N–H and O–H groups in total. The van der Waals surface area contributed by atoms with Crippen molar-refractivity contribution < 1.29 is 9.53 Å². The summed E-state index contributed by atoms with van der Waals surface area (Å²) < 4.78 is 7.56. The predicted molar refractivity (Wildman–Crippen MR) is 119 cm³/mol. The molecular weight excluding hydrogens is 423 g/mol. The highest BCUT2D eigenvalue weighted by Crippen LogP contribution is 2.22. The summed E-state index contributed by atoms with van der Waals surface area (Å²) in [5.41, 5.74) is 6.20. The number of aryl methyl sites for hydroxylation is 3. The van der Waals surface area contributed by atoms with E-state index in [2.05, 4.69) is 15.6 Å². The van der Waals surface area contributed by atoms with Crippen molar-refractivity contribution in [1.29, 1.82) is 0 Å². The molecule has 0 radical (unpaired) electrons. The number of carbonyl (C=O) groups is 1. The third-order valence-corrected chi connectivity index (χ3v) is 4.93. The molecule has 2 aromatic carbocycles. The molecule has 8 heteroatoms. The molecular formula is C22H22Cl2N4O2. The fourth-order valence-corrected chi connectivity index (χ4v) is 3.26. The SMILES string of the molecule is Cc1cc(C)n(CCC(=O)NN=Cc2ccc(OCc3ccc(Cl)cc3Cl)cc2)n1. The maximum absolute atomic E-state index is 11.9. The summed E-state index contributed by atoms with van der Waals surface area (Å²) >= 11 is 12.0. The summed E-state index contributed by atoms with van der Waals surface area (Å²) in [4.78, 5) is 11.9. The number of hydrogen-bond acceptors (Lipinski definition) is 4. The van der Waals surface area contributed by atoms with Gasteiger partial charge in [0, 0.05) is 27.7 Å². The van der Waals surface area contributed by atoms with E-state index in [9.17, 15) is 4.79 Å². The van der Waals surface area contributed by atoms with Gasteiger partial charge in [-0.2, -0.15) is 10.2 Å². The van der Waals surface area contributed by atoms with E-state index in [4.69, 9.17) is 27.9 Å². The Bertz CT molecular complexity index is 1050. The number of hydrazone groups is 1. The zero-order chi connectivity index (χ0) is 21.5. The van der Waals surface area contributed by atoms with Crippen LogP contribution in [0.1, 0.15) is 28.9 Å². The number of carbonyl (C=O) groups excluding carboxylic acids is 1. The first-order valence-corrected chi connectivity index (χ1v) is 10.2. The Labute approximate surface area is 185 Å². The van der Waals surface area contributed by atoms with Gasteiger partial charge in [0.15, 0.2) is 0 Å². The van der Waals surface area contributed by atoms with Crippen molar-refractivity contribution in [2.24, 2.45) is 5.10 Å². The number of aromatic nitrogens is 2. The molecule has 0 unspecified atom stereocenters. The molecule has 1 amide bonds. The summed E-state index contributed by atoms with van der Waals surface area (Å²) in [7, 11) is 0. The number of hydrogen-bond donors (Lipinski definition) is 1. The third kappa shape index (κ3) is 6.34. The van der Waals surface area contributed by atoms with E-state index in [1.54, 1.807) is 18.3 Å². The van der Waals surface area contributed by atoms with Crippen LogP contribution in [0.2, 0.25) is 10.0 Å². The first kappa shape index (κ1) is 21.9. The largest absolute Gasteiger partial charge is 0.489 e. The van der Waals surface area contributed by atoms with E-state index in [1.165, 1.54) is 0 Å². The van der Waals surface area contributed by atoms with Crippen molar-refractivity contribution in [2.45, 2.75) is 33.4 Å². The molecule has 3 rings (SSSR count). The lowest BCUT2D eigenvalue weighted by molar-refractivity contribution is -0.121. The van der Waals surface area contributed by atoms with Crippen molar-refractivity contribution in [3.63, 3.8) is 0 Å². The summed E-state index contributed by atoms with van der Waals surface area (Å²) in [6, 6.07) is 14.6. The number of amides is 1. The van der Waals surface area contributed by atoms with Gasteiger partial charge in [0.05, 0.1) is 18.5 Å². The van der Waals surface area contributed by atoms with Crippen molar-refractivity contribution in [3.8, 4) is 5.75 Å². The average Bonchev–Trinajstić information content (AvgIpc) is 3.04. The van der Waals surface area contributed by atoms with Gasteiger partial charge in [-0.05, 0) is 61.9 Å². The molecule has 1 heterocycles. The Balaban J connectivity index is 1.44. The lowest BCUT2D eigenvalue weighted by atomic mass is 10.2. The van der Waals surface area contributed by atoms with Gasteiger partial charge in [-0.3, -0.25) is 9.48 Å². The van der Waals surface area contributed by atoms with E-state index in [0.29, 0.717) is 35.4 Å². The van der Waals surface area contributed by atoms with Gasteiger partial charge in [-0.25, -0.2) is 5.43 Å². The zero-order valence-electron chi connectivity index (χ0n) is 16.7. The predicted octanol–water partition coefficient (Wildman–Crippen LogP) is 4.93. The molecule has 0 aliphatic heterocycles. The molecule has 1 aromatic heterocycles. The van der Waals surface area contributed by atoms with Crippen LogP contribution in [0.4, 0.5) is 0 Å². The third-order valence-electron chi connectivity index (χ3n) is 4.35. The van der Waals surface area contributed by atoms with Crippen molar-refractivity contribution in [3.05, 3.63) is 81.1 Å². The van der Waals surface area contributed by atoms with Crippen molar-refractivity contribution in [2.75, 3.05) is 0 Å². The molecule has 6 nitrogen and oxygen atoms in total. The Hall–Kier alpha value is -2.83. The fourth-order valence-electron chi connectivity index (χ4n) is 2.79. The van der Waals surface area contributed by atoms with Gasteiger partial charge in [0.25, 0.3) is 0 Å². The number of ether oxygens (including phenoxy) is 1. The van der Waals surface area contributed by atoms with E-state index < -0.39 is 0 Å². The van der Waals surface area contributed by atoms with E-state index in [-0.39, 0.29) is 5.91 Å². The monoisotopic (exact) mass is 444 g/mol. The van der Waals surface area contributed by atoms with Crippen LogP contribution in [0.3, 0.4) is 0 Å². The molecule has 30 heavy (non-hydrogen) atoms. The van der Waals surface area contributed by atoms with Gasteiger partial charge < -0.3 is 4.74 Å². The van der Waals surface area contributed by atoms with Crippen LogP contribution in [0, 0.1) is 13.8 Å². The van der Waals surface area contributed by atoms with Crippen LogP contribution in [-0.2, 0) is 17.9 Å². The minimum Gasteiger partial charge on any atom is -0.489 e. The fraction of sp³-hybridized carbons (Fsp3) is 0.227. The van der Waals surface area contributed by atoms with Crippen molar-refractivity contribution in [1.82, 2.24) is 15.2 Å². The van der Waals surface area contributed by atoms with Gasteiger partial charge >= 0.3 is 0 Å². The highest BCUT2D eigenvalue weighted by molar-refractivity contribution is 6.35. The normalized spacial score (nSPS) is 11.1. The first-order valence-electron chi connectivity index (χ1n) is 9.40. The molecule has 0 fully saturated rings. The molecule has 0 atom stereocenters. The number of rotatable bonds is 8. The zero-order valence-corrected chi connectivity index (χ0v) is 18.2. The van der Waals surface area contributed by atoms with Gasteiger partial charge in [0.2, 0.25) is 5.91 Å². The van der Waals surface area contributed by atoms with Crippen LogP contribution < -0.4 is 10.2 Å². The quantitative estimate of drug-likeness (QED) is 0.395. The minimum atomic E-state index is -0.168. The number of benzene rings is 2. The van der Waals surface area contributed by atoms with Crippen LogP contribution in [0.5, 0.6) is 5.75 Å². The second-order valence-corrected chi connectivity index (χ2v) is 7.63. The lowest BCUT2D eigenvalue weighted by Gasteiger charge is -2.08. The van der Waals surface area contributed by atoms with E-state index >= 15 is 0 Å². The molecule has 0 saturated carbocycles. The van der Waals surface area contributed by atoms with E-state index in [1.807, 2.05) is 54.9 Å². The second-order valence-electron chi connectivity index (χ2n) is 6.79. The summed E-state index contributed by atoms with van der Waals surface area (Å²) in [6.45, 7) is 4.75. The number of nitrogens with zero attached hydrogens (tertiary/aromatic N) is 3. The molecule has 0 spiro atoms. The van der Waals surface area contributed by atoms with Gasteiger partial charge in [-0.1, -0.05) is 29.3 Å². The van der Waals surface area contributed by atoms with Crippen molar-refractivity contribution >= 4 is 35.3 Å². The second kappa shape index (κ2) is 10.3. The maximum atomic E-state index is 11.9. The highest BCUT2D eigenvalue weighted by atomic mass is 35.5. The molecule has 0 aliphatic rings. The lowest BCUT2D eigenvalue weighted by Crippen LogP contribution is -2.20. The molecule has 3 aromatic rings. The Morgan fingerprint density at radius 2 is 1.93 bits per heavy atom. The van der Waals surface area contributed by atoms with E-state index in [0.717, 1.165) is 22.5 Å². The van der Waals surface area contributed by atoms with Crippen LogP contribution in [-0.4, -0.2) is 21.9 Å². The minimum absolute atomic E-state index is 0.168. The van der Waals surface area contributed by atoms with Crippen LogP contribution in [0.25, 0.3) is 0 Å². The molecule has 0 saturated heterocycles. The molecule has 156 valence electrons. The summed E-state index contributed by atoms with van der Waals surface area (Å²) in [5.74, 6) is 0.533. The highest BCUT2D eigenvalue weighted by Gasteiger charge is 2.05. The Morgan fingerprint density at radius 3 is 2.60 bits per heavy atom.